The Labute approximate surface area is 147 Å². The Bertz CT molecular complexity index is 692. The second-order valence-corrected chi connectivity index (χ2v) is 5.85. The highest BCUT2D eigenvalue weighted by Crippen LogP contribution is 2.20. The Kier molecular flexibility index (Phi) is 5.28. The largest absolute Gasteiger partial charge is 0.508 e. The molecule has 1 fully saturated rings. The van der Waals surface area contributed by atoms with Crippen molar-refractivity contribution in [3.63, 3.8) is 0 Å². The summed E-state index contributed by atoms with van der Waals surface area (Å²) < 4.78 is 10.7. The SMILES string of the molecule is COc1ccc(OCC(=O)N2CCN(c3ccc(O)cc3)CC2)cc1. The second kappa shape index (κ2) is 7.79. The molecule has 0 aliphatic carbocycles. The molecule has 2 aromatic rings. The van der Waals surface area contributed by atoms with Crippen molar-refractivity contribution in [1.29, 1.82) is 0 Å². The summed E-state index contributed by atoms with van der Waals surface area (Å²) in [6.07, 6.45) is 0. The first-order valence-electron chi connectivity index (χ1n) is 8.24. The number of ether oxygens (including phenoxy) is 2. The second-order valence-electron chi connectivity index (χ2n) is 5.85. The van der Waals surface area contributed by atoms with Gasteiger partial charge in [0, 0.05) is 31.9 Å². The van der Waals surface area contributed by atoms with E-state index in [0.717, 1.165) is 24.5 Å². The highest BCUT2D eigenvalue weighted by atomic mass is 16.5. The number of nitrogens with zero attached hydrogens (tertiary/aromatic N) is 2. The van der Waals surface area contributed by atoms with Crippen molar-refractivity contribution < 1.29 is 19.4 Å². The molecule has 3 rings (SSSR count). The summed E-state index contributed by atoms with van der Waals surface area (Å²) >= 11 is 0. The summed E-state index contributed by atoms with van der Waals surface area (Å²) in [6.45, 7) is 2.88. The summed E-state index contributed by atoms with van der Waals surface area (Å²) in [5.74, 6) is 1.65. The van der Waals surface area contributed by atoms with E-state index in [2.05, 4.69) is 4.90 Å². The van der Waals surface area contributed by atoms with E-state index < -0.39 is 0 Å². The minimum atomic E-state index is -0.0128. The monoisotopic (exact) mass is 342 g/mol. The maximum absolute atomic E-state index is 12.3. The van der Waals surface area contributed by atoms with Crippen molar-refractivity contribution in [2.45, 2.75) is 0 Å². The average molecular weight is 342 g/mol. The molecule has 1 aliphatic rings. The lowest BCUT2D eigenvalue weighted by atomic mass is 10.2. The lowest BCUT2D eigenvalue weighted by Gasteiger charge is -2.36. The Morgan fingerprint density at radius 2 is 1.56 bits per heavy atom. The number of piperazine rings is 1. The first-order chi connectivity index (χ1) is 12.2. The van der Waals surface area contributed by atoms with Crippen LogP contribution in [0.3, 0.4) is 0 Å². The maximum atomic E-state index is 12.3. The van der Waals surface area contributed by atoms with Gasteiger partial charge < -0.3 is 24.4 Å². The van der Waals surface area contributed by atoms with Crippen LogP contribution in [-0.2, 0) is 4.79 Å². The highest BCUT2D eigenvalue weighted by molar-refractivity contribution is 5.78. The molecule has 0 spiro atoms. The molecule has 0 radical (unpaired) electrons. The molecule has 0 bridgehead atoms. The minimum Gasteiger partial charge on any atom is -0.508 e. The van der Waals surface area contributed by atoms with Gasteiger partial charge in [0.05, 0.1) is 7.11 Å². The summed E-state index contributed by atoms with van der Waals surface area (Å²) in [7, 11) is 1.61. The number of amides is 1. The third-order valence-corrected chi connectivity index (χ3v) is 4.27. The van der Waals surface area contributed by atoms with Gasteiger partial charge in [-0.1, -0.05) is 0 Å². The molecule has 0 unspecified atom stereocenters. The van der Waals surface area contributed by atoms with E-state index in [9.17, 15) is 9.90 Å². The Hall–Kier alpha value is -2.89. The molecule has 0 atom stereocenters. The van der Waals surface area contributed by atoms with Crippen LogP contribution < -0.4 is 14.4 Å². The molecule has 0 aromatic heterocycles. The van der Waals surface area contributed by atoms with Crippen molar-refractivity contribution in [2.24, 2.45) is 0 Å². The van der Waals surface area contributed by atoms with Crippen molar-refractivity contribution in [2.75, 3.05) is 44.8 Å². The number of carbonyl (C=O) groups excluding carboxylic acids is 1. The molecule has 6 heteroatoms. The number of anilines is 1. The van der Waals surface area contributed by atoms with Gasteiger partial charge in [0.25, 0.3) is 5.91 Å². The fourth-order valence-corrected chi connectivity index (χ4v) is 2.79. The Balaban J connectivity index is 1.47. The number of rotatable bonds is 5. The number of phenolic OH excluding ortho intramolecular Hbond substituents is 1. The highest BCUT2D eigenvalue weighted by Gasteiger charge is 2.21. The molecule has 1 N–H and O–H groups in total. The molecular weight excluding hydrogens is 320 g/mol. The van der Waals surface area contributed by atoms with Gasteiger partial charge in [-0.25, -0.2) is 0 Å². The predicted molar refractivity (Wildman–Crippen MR) is 95.4 cm³/mol. The zero-order chi connectivity index (χ0) is 17.6. The third kappa shape index (κ3) is 4.35. The molecular formula is C19H22N2O4. The van der Waals surface area contributed by atoms with Crippen LogP contribution in [0.25, 0.3) is 0 Å². The van der Waals surface area contributed by atoms with Crippen LogP contribution in [0.4, 0.5) is 5.69 Å². The van der Waals surface area contributed by atoms with Gasteiger partial charge in [-0.15, -0.1) is 0 Å². The zero-order valence-corrected chi connectivity index (χ0v) is 14.2. The number of hydrogen-bond donors (Lipinski definition) is 1. The molecule has 0 saturated carbocycles. The van der Waals surface area contributed by atoms with E-state index in [1.165, 1.54) is 0 Å². The molecule has 1 aliphatic heterocycles. The van der Waals surface area contributed by atoms with Crippen molar-refractivity contribution >= 4 is 11.6 Å². The van der Waals surface area contributed by atoms with E-state index in [-0.39, 0.29) is 18.3 Å². The standard InChI is InChI=1S/C19H22N2O4/c1-24-17-6-8-18(9-7-17)25-14-19(23)21-12-10-20(11-13-21)15-2-4-16(22)5-3-15/h2-9,22H,10-14H2,1H3. The van der Waals surface area contributed by atoms with Gasteiger partial charge in [-0.3, -0.25) is 4.79 Å². The average Bonchev–Trinajstić information content (AvgIpc) is 2.67. The Morgan fingerprint density at radius 1 is 0.960 bits per heavy atom. The molecule has 1 saturated heterocycles. The fourth-order valence-electron chi connectivity index (χ4n) is 2.79. The summed E-state index contributed by atoms with van der Waals surface area (Å²) in [5.41, 5.74) is 1.05. The topological polar surface area (TPSA) is 62.2 Å². The van der Waals surface area contributed by atoms with Gasteiger partial charge in [0.2, 0.25) is 0 Å². The number of carbonyl (C=O) groups is 1. The van der Waals surface area contributed by atoms with Crippen LogP contribution in [-0.4, -0.2) is 55.8 Å². The fraction of sp³-hybridized carbons (Fsp3) is 0.316. The van der Waals surface area contributed by atoms with Crippen LogP contribution in [0.2, 0.25) is 0 Å². The van der Waals surface area contributed by atoms with E-state index >= 15 is 0 Å². The van der Waals surface area contributed by atoms with Crippen LogP contribution in [0.5, 0.6) is 17.2 Å². The van der Waals surface area contributed by atoms with Crippen LogP contribution >= 0.6 is 0 Å². The first kappa shape index (κ1) is 17.0. The van der Waals surface area contributed by atoms with Crippen molar-refractivity contribution in [3.05, 3.63) is 48.5 Å². The summed E-state index contributed by atoms with van der Waals surface area (Å²) in [5, 5.41) is 9.36. The van der Waals surface area contributed by atoms with Crippen LogP contribution in [0.1, 0.15) is 0 Å². The van der Waals surface area contributed by atoms with Gasteiger partial charge in [0.1, 0.15) is 17.2 Å². The number of methoxy groups -OCH3 is 1. The third-order valence-electron chi connectivity index (χ3n) is 4.27. The van der Waals surface area contributed by atoms with E-state index in [4.69, 9.17) is 9.47 Å². The van der Waals surface area contributed by atoms with Crippen molar-refractivity contribution in [1.82, 2.24) is 4.90 Å². The molecule has 1 amide bonds. The minimum absolute atomic E-state index is 0.0128. The van der Waals surface area contributed by atoms with Crippen LogP contribution in [0, 0.1) is 0 Å². The lowest BCUT2D eigenvalue weighted by Crippen LogP contribution is -2.50. The van der Waals surface area contributed by atoms with E-state index in [1.807, 2.05) is 17.0 Å². The van der Waals surface area contributed by atoms with Gasteiger partial charge in [0.15, 0.2) is 6.61 Å². The number of phenols is 1. The maximum Gasteiger partial charge on any atom is 0.260 e. The normalized spacial score (nSPS) is 14.3. The molecule has 25 heavy (non-hydrogen) atoms. The van der Waals surface area contributed by atoms with E-state index in [0.29, 0.717) is 18.8 Å². The molecule has 2 aromatic carbocycles. The molecule has 1 heterocycles. The molecule has 6 nitrogen and oxygen atoms in total. The number of hydrogen-bond acceptors (Lipinski definition) is 5. The summed E-state index contributed by atoms with van der Waals surface area (Å²) in [4.78, 5) is 16.3. The quantitative estimate of drug-likeness (QED) is 0.902. The van der Waals surface area contributed by atoms with Crippen molar-refractivity contribution in [3.8, 4) is 17.2 Å². The van der Waals surface area contributed by atoms with Crippen LogP contribution in [0.15, 0.2) is 48.5 Å². The Morgan fingerprint density at radius 3 is 2.16 bits per heavy atom. The predicted octanol–water partition coefficient (Wildman–Crippen LogP) is 2.13. The van der Waals surface area contributed by atoms with Gasteiger partial charge in [-0.2, -0.15) is 0 Å². The first-order valence-corrected chi connectivity index (χ1v) is 8.24. The smallest absolute Gasteiger partial charge is 0.260 e. The zero-order valence-electron chi connectivity index (χ0n) is 14.2. The van der Waals surface area contributed by atoms with E-state index in [1.54, 1.807) is 43.5 Å². The molecule has 132 valence electrons. The van der Waals surface area contributed by atoms with Gasteiger partial charge >= 0.3 is 0 Å². The van der Waals surface area contributed by atoms with Gasteiger partial charge in [-0.05, 0) is 48.5 Å². The summed E-state index contributed by atoms with van der Waals surface area (Å²) in [6, 6.07) is 14.3. The number of aromatic hydroxyl groups is 1. The number of benzene rings is 2. The lowest BCUT2D eigenvalue weighted by molar-refractivity contribution is -0.133.